The number of rotatable bonds is 0. The monoisotopic (exact) mass is 448 g/mol. The molecule has 2 aromatic carbocycles. The minimum absolute atomic E-state index is 0. The maximum absolute atomic E-state index is 10.4. The lowest BCUT2D eigenvalue weighted by Gasteiger charge is -2.56. The summed E-state index contributed by atoms with van der Waals surface area (Å²) in [6, 6.07) is 16.3. The van der Waals surface area contributed by atoms with E-state index in [-0.39, 0.29) is 30.8 Å². The van der Waals surface area contributed by atoms with E-state index in [9.17, 15) is 10.2 Å². The van der Waals surface area contributed by atoms with Gasteiger partial charge in [-0.15, -0.1) is 0 Å². The molecule has 32 heavy (non-hydrogen) atoms. The highest BCUT2D eigenvalue weighted by molar-refractivity contribution is 7.59. The zero-order valence-corrected chi connectivity index (χ0v) is 19.0. The number of aliphatic hydroxyl groups excluding tert-OH is 1. The fourth-order valence-electron chi connectivity index (χ4n) is 6.25. The molecule has 0 amide bonds. The Morgan fingerprint density at radius 3 is 2.75 bits per heavy atom. The Morgan fingerprint density at radius 1 is 1.09 bits per heavy atom. The molecular weight excluding hydrogens is 420 g/mol. The lowest BCUT2D eigenvalue weighted by Crippen LogP contribution is -2.64. The molecule has 3 aromatic rings. The number of aliphatic hydroxyl groups is 1. The van der Waals surface area contributed by atoms with Crippen LogP contribution in [0.1, 0.15) is 17.5 Å². The summed E-state index contributed by atoms with van der Waals surface area (Å²) in [5.74, 6) is 1.19. The summed E-state index contributed by atoms with van der Waals surface area (Å²) >= 11 is 0. The molecule has 5 nitrogen and oxygen atoms in total. The standard InChI is InChI=1S/C17H19NO3.C9H7N.H2S/c1-18-7-6-17-10-3-5-13(20)16(17)21-15-12(19)4-2-9(14(15)17)8-11(10)18;1-2-6-9-8(4-1)5-3-7-10-9;/h2-5,10-11,13,16,19-20H,6-8H2,1H3;1-7H;1H2/t10-,11+,13-,16-,17-;;/m0../s1. The van der Waals surface area contributed by atoms with Crippen molar-refractivity contribution in [3.63, 3.8) is 0 Å². The number of piperidine rings is 1. The van der Waals surface area contributed by atoms with Crippen LogP contribution >= 0.6 is 13.5 Å². The molecule has 1 fully saturated rings. The number of hydrogen-bond acceptors (Lipinski definition) is 5. The SMILES string of the molecule is CN1CC[C@]23c4c5ccc(O)c4O[C@H]2[C@@H](O)C=C[C@H]3[C@H]1C5.S.c1ccc2ncccc2c1. The number of fused-ring (bicyclic) bond motifs is 1. The van der Waals surface area contributed by atoms with E-state index >= 15 is 0 Å². The van der Waals surface area contributed by atoms with Crippen LogP contribution in [0.25, 0.3) is 10.9 Å². The van der Waals surface area contributed by atoms with Gasteiger partial charge in [0, 0.05) is 34.5 Å². The van der Waals surface area contributed by atoms with Crippen molar-refractivity contribution >= 4 is 24.4 Å². The van der Waals surface area contributed by atoms with E-state index < -0.39 is 6.10 Å². The molecule has 2 aliphatic carbocycles. The number of pyridine rings is 1. The van der Waals surface area contributed by atoms with Crippen molar-refractivity contribution in [1.29, 1.82) is 0 Å². The first-order valence-corrected chi connectivity index (χ1v) is 11.0. The number of benzene rings is 2. The van der Waals surface area contributed by atoms with Crippen molar-refractivity contribution < 1.29 is 14.9 Å². The molecule has 1 aromatic heterocycles. The molecule has 5 atom stereocenters. The van der Waals surface area contributed by atoms with E-state index in [0.29, 0.717) is 17.7 Å². The van der Waals surface area contributed by atoms with Crippen LogP contribution in [-0.4, -0.2) is 51.9 Å². The smallest absolute Gasteiger partial charge is 0.165 e. The number of likely N-dealkylation sites (tertiary alicyclic amines) is 1. The number of phenolic OH excluding ortho intramolecular Hbond substituents is 1. The third-order valence-corrected chi connectivity index (χ3v) is 7.66. The predicted octanol–water partition coefficient (Wildman–Crippen LogP) is 3.55. The molecule has 7 rings (SSSR count). The van der Waals surface area contributed by atoms with Gasteiger partial charge in [0.2, 0.25) is 0 Å². The Morgan fingerprint density at radius 2 is 1.91 bits per heavy atom. The van der Waals surface area contributed by atoms with Crippen molar-refractivity contribution in [3.05, 3.63) is 78.0 Å². The number of nitrogens with zero attached hydrogens (tertiary/aromatic N) is 2. The van der Waals surface area contributed by atoms with E-state index in [2.05, 4.69) is 35.1 Å². The van der Waals surface area contributed by atoms with Gasteiger partial charge in [-0.3, -0.25) is 4.98 Å². The molecule has 2 bridgehead atoms. The fourth-order valence-corrected chi connectivity index (χ4v) is 6.25. The molecular formula is C26H28N2O3S. The van der Waals surface area contributed by atoms with Crippen LogP contribution in [-0.2, 0) is 11.8 Å². The highest BCUT2D eigenvalue weighted by atomic mass is 32.1. The van der Waals surface area contributed by atoms with Crippen molar-refractivity contribution in [3.8, 4) is 11.5 Å². The van der Waals surface area contributed by atoms with Gasteiger partial charge < -0.3 is 19.8 Å². The summed E-state index contributed by atoms with van der Waals surface area (Å²) in [6.07, 6.45) is 6.99. The van der Waals surface area contributed by atoms with Crippen molar-refractivity contribution in [2.45, 2.75) is 36.5 Å². The second-order valence-electron chi connectivity index (χ2n) is 9.13. The van der Waals surface area contributed by atoms with Crippen LogP contribution < -0.4 is 4.74 Å². The summed E-state index contributed by atoms with van der Waals surface area (Å²) in [7, 11) is 2.19. The van der Waals surface area contributed by atoms with Crippen LogP contribution in [0.2, 0.25) is 0 Å². The van der Waals surface area contributed by atoms with Gasteiger partial charge in [-0.25, -0.2) is 0 Å². The lowest BCUT2D eigenvalue weighted by atomic mass is 9.53. The highest BCUT2D eigenvalue weighted by Crippen LogP contribution is 2.62. The average molecular weight is 449 g/mol. The second-order valence-corrected chi connectivity index (χ2v) is 9.13. The number of ether oxygens (including phenoxy) is 1. The summed E-state index contributed by atoms with van der Waals surface area (Å²) < 4.78 is 6.09. The Hall–Kier alpha value is -2.54. The minimum atomic E-state index is -0.594. The molecule has 2 aliphatic heterocycles. The van der Waals surface area contributed by atoms with Gasteiger partial charge in [0.25, 0.3) is 0 Å². The van der Waals surface area contributed by atoms with E-state index in [1.807, 2.05) is 42.6 Å². The Balaban J connectivity index is 0.000000166. The number of hydrogen-bond donors (Lipinski definition) is 2. The van der Waals surface area contributed by atoms with Gasteiger partial charge in [0.15, 0.2) is 11.5 Å². The van der Waals surface area contributed by atoms with E-state index in [1.165, 1.54) is 16.5 Å². The number of para-hydroxylation sites is 1. The molecule has 0 radical (unpaired) electrons. The molecule has 3 heterocycles. The van der Waals surface area contributed by atoms with Crippen molar-refractivity contribution in [2.75, 3.05) is 13.6 Å². The molecule has 0 saturated carbocycles. The summed E-state index contributed by atoms with van der Waals surface area (Å²) in [5.41, 5.74) is 3.35. The molecule has 6 heteroatoms. The van der Waals surface area contributed by atoms with Crippen LogP contribution in [0, 0.1) is 5.92 Å². The number of aromatic nitrogens is 1. The quantitative estimate of drug-likeness (QED) is 0.515. The zero-order valence-electron chi connectivity index (χ0n) is 18.0. The van der Waals surface area contributed by atoms with Gasteiger partial charge in [-0.05, 0) is 50.2 Å². The Kier molecular flexibility index (Phi) is 5.19. The summed E-state index contributed by atoms with van der Waals surface area (Å²) in [6.45, 7) is 1.01. The largest absolute Gasteiger partial charge is 0.504 e. The molecule has 1 saturated heterocycles. The molecule has 166 valence electrons. The molecule has 0 unspecified atom stereocenters. The van der Waals surface area contributed by atoms with Crippen LogP contribution in [0.15, 0.2) is 66.9 Å². The number of phenols is 1. The first-order valence-electron chi connectivity index (χ1n) is 11.0. The third kappa shape index (κ3) is 2.90. The summed E-state index contributed by atoms with van der Waals surface area (Å²) in [4.78, 5) is 6.61. The van der Waals surface area contributed by atoms with Crippen molar-refractivity contribution in [2.24, 2.45) is 5.92 Å². The maximum atomic E-state index is 10.4. The first kappa shape index (κ1) is 21.3. The van der Waals surface area contributed by atoms with E-state index in [0.717, 1.165) is 24.9 Å². The van der Waals surface area contributed by atoms with Gasteiger partial charge in [-0.1, -0.05) is 42.5 Å². The highest BCUT2D eigenvalue weighted by Gasteiger charge is 2.64. The minimum Gasteiger partial charge on any atom is -0.504 e. The number of aromatic hydroxyl groups is 1. The van der Waals surface area contributed by atoms with Gasteiger partial charge in [0.05, 0.1) is 5.52 Å². The normalized spacial score (nSPS) is 31.1. The summed E-state index contributed by atoms with van der Waals surface area (Å²) in [5, 5.41) is 21.8. The zero-order chi connectivity index (χ0) is 21.2. The molecule has 4 aliphatic rings. The third-order valence-electron chi connectivity index (χ3n) is 7.66. The van der Waals surface area contributed by atoms with Gasteiger partial charge in [0.1, 0.15) is 12.2 Å². The van der Waals surface area contributed by atoms with E-state index in [1.54, 1.807) is 6.07 Å². The first-order chi connectivity index (χ1) is 15.1. The second kappa shape index (κ2) is 7.80. The number of likely N-dealkylation sites (N-methyl/N-ethyl adjacent to an activating group) is 1. The van der Waals surface area contributed by atoms with Crippen LogP contribution in [0.5, 0.6) is 11.5 Å². The average Bonchev–Trinajstić information content (AvgIpc) is 3.16. The van der Waals surface area contributed by atoms with Crippen LogP contribution in [0.3, 0.4) is 0 Å². The Labute approximate surface area is 194 Å². The van der Waals surface area contributed by atoms with Crippen LogP contribution in [0.4, 0.5) is 0 Å². The topological polar surface area (TPSA) is 65.8 Å². The maximum Gasteiger partial charge on any atom is 0.165 e. The van der Waals surface area contributed by atoms with E-state index in [4.69, 9.17) is 4.74 Å². The fraction of sp³-hybridized carbons (Fsp3) is 0.346. The Bertz CT molecular complexity index is 1130. The molecule has 1 spiro atoms. The lowest BCUT2D eigenvalue weighted by molar-refractivity contribution is -0.0453. The van der Waals surface area contributed by atoms with Crippen molar-refractivity contribution in [1.82, 2.24) is 9.88 Å². The van der Waals surface area contributed by atoms with Gasteiger partial charge >= 0.3 is 0 Å². The molecule has 2 N–H and O–H groups in total. The van der Waals surface area contributed by atoms with Gasteiger partial charge in [-0.2, -0.15) is 13.5 Å². The predicted molar refractivity (Wildman–Crippen MR) is 130 cm³/mol.